The Balaban J connectivity index is 2.35. The van der Waals surface area contributed by atoms with Crippen molar-refractivity contribution in [3.63, 3.8) is 0 Å². The molecule has 106 valence electrons. The molecule has 0 atom stereocenters. The van der Waals surface area contributed by atoms with E-state index in [0.717, 1.165) is 5.56 Å². The zero-order valence-electron chi connectivity index (χ0n) is 11.8. The van der Waals surface area contributed by atoms with Crippen molar-refractivity contribution in [3.05, 3.63) is 71.8 Å². The van der Waals surface area contributed by atoms with Crippen molar-refractivity contribution in [1.82, 2.24) is 0 Å². The third-order valence-corrected chi connectivity index (χ3v) is 2.74. The highest BCUT2D eigenvalue weighted by Crippen LogP contribution is 2.09. The van der Waals surface area contributed by atoms with E-state index in [2.05, 4.69) is 10.2 Å². The molecule has 0 aliphatic rings. The summed E-state index contributed by atoms with van der Waals surface area (Å²) in [4.78, 5) is 12.6. The van der Waals surface area contributed by atoms with Gasteiger partial charge in [-0.2, -0.15) is 0 Å². The highest BCUT2D eigenvalue weighted by atomic mass is 16.5. The predicted molar refractivity (Wildman–Crippen MR) is 83.9 cm³/mol. The molecule has 0 spiro atoms. The van der Waals surface area contributed by atoms with Gasteiger partial charge in [-0.15, -0.1) is 10.2 Å². The third kappa shape index (κ3) is 4.11. The SMILES string of the molecule is CCO/C=N/N=C(\C(=O)c1ccccc1)c1ccccc1. The van der Waals surface area contributed by atoms with Crippen LogP contribution >= 0.6 is 0 Å². The predicted octanol–water partition coefficient (Wildman–Crippen LogP) is 3.34. The molecule has 0 saturated heterocycles. The molecule has 2 aromatic rings. The summed E-state index contributed by atoms with van der Waals surface area (Å²) in [6, 6.07) is 18.3. The van der Waals surface area contributed by atoms with Crippen LogP contribution in [0.5, 0.6) is 0 Å². The van der Waals surface area contributed by atoms with Crippen LogP contribution < -0.4 is 0 Å². The van der Waals surface area contributed by atoms with E-state index in [1.807, 2.05) is 55.5 Å². The van der Waals surface area contributed by atoms with Gasteiger partial charge in [0, 0.05) is 11.1 Å². The molecule has 2 aromatic carbocycles. The van der Waals surface area contributed by atoms with E-state index in [1.54, 1.807) is 12.1 Å². The van der Waals surface area contributed by atoms with E-state index in [9.17, 15) is 4.79 Å². The number of rotatable bonds is 6. The number of ketones is 1. The maximum atomic E-state index is 12.6. The van der Waals surface area contributed by atoms with Crippen molar-refractivity contribution in [2.24, 2.45) is 10.2 Å². The van der Waals surface area contributed by atoms with Gasteiger partial charge >= 0.3 is 0 Å². The summed E-state index contributed by atoms with van der Waals surface area (Å²) >= 11 is 0. The number of Topliss-reactive ketones (excluding diaryl/α,β-unsaturated/α-hetero) is 1. The van der Waals surface area contributed by atoms with Crippen molar-refractivity contribution in [2.45, 2.75) is 6.92 Å². The Hall–Kier alpha value is -2.75. The monoisotopic (exact) mass is 280 g/mol. The van der Waals surface area contributed by atoms with E-state index < -0.39 is 0 Å². The largest absolute Gasteiger partial charge is 0.482 e. The lowest BCUT2D eigenvalue weighted by atomic mass is 10.0. The smallest absolute Gasteiger partial charge is 0.213 e. The van der Waals surface area contributed by atoms with Crippen molar-refractivity contribution >= 4 is 17.9 Å². The van der Waals surface area contributed by atoms with Crippen LogP contribution in [0.25, 0.3) is 0 Å². The summed E-state index contributed by atoms with van der Waals surface area (Å²) in [5.41, 5.74) is 1.59. The van der Waals surface area contributed by atoms with E-state index in [4.69, 9.17) is 4.74 Å². The van der Waals surface area contributed by atoms with Crippen molar-refractivity contribution in [2.75, 3.05) is 6.61 Å². The Morgan fingerprint density at radius 2 is 1.57 bits per heavy atom. The molecule has 0 aromatic heterocycles. The zero-order chi connectivity index (χ0) is 14.9. The average molecular weight is 280 g/mol. The summed E-state index contributed by atoms with van der Waals surface area (Å²) in [6.45, 7) is 2.36. The lowest BCUT2D eigenvalue weighted by Gasteiger charge is -2.04. The minimum absolute atomic E-state index is 0.171. The number of hydrogen-bond acceptors (Lipinski definition) is 4. The number of benzene rings is 2. The first-order chi connectivity index (χ1) is 10.3. The molecule has 0 aliphatic heterocycles. The maximum Gasteiger partial charge on any atom is 0.213 e. The number of hydrogen-bond donors (Lipinski definition) is 0. The Morgan fingerprint density at radius 1 is 1.00 bits per heavy atom. The Bertz CT molecular complexity index is 634. The summed E-state index contributed by atoms with van der Waals surface area (Å²) < 4.78 is 5.00. The summed E-state index contributed by atoms with van der Waals surface area (Å²) in [5.74, 6) is -0.171. The molecule has 2 rings (SSSR count). The first kappa shape index (κ1) is 14.7. The maximum absolute atomic E-state index is 12.6. The topological polar surface area (TPSA) is 51.0 Å². The first-order valence-corrected chi connectivity index (χ1v) is 6.69. The summed E-state index contributed by atoms with van der Waals surface area (Å²) in [7, 11) is 0. The molecular weight excluding hydrogens is 264 g/mol. The van der Waals surface area contributed by atoms with Crippen molar-refractivity contribution < 1.29 is 9.53 Å². The summed E-state index contributed by atoms with van der Waals surface area (Å²) in [5, 5.41) is 7.82. The van der Waals surface area contributed by atoms with Crippen LogP contribution in [0, 0.1) is 0 Å². The fourth-order valence-electron chi connectivity index (χ4n) is 1.75. The van der Waals surface area contributed by atoms with Crippen LogP contribution in [0.15, 0.2) is 70.9 Å². The minimum Gasteiger partial charge on any atom is -0.482 e. The van der Waals surface area contributed by atoms with Gasteiger partial charge in [0.05, 0.1) is 6.61 Å². The number of carbonyl (C=O) groups is 1. The molecule has 21 heavy (non-hydrogen) atoms. The molecule has 4 nitrogen and oxygen atoms in total. The fourth-order valence-corrected chi connectivity index (χ4v) is 1.75. The Kier molecular flexibility index (Phi) is 5.41. The van der Waals surface area contributed by atoms with Gasteiger partial charge in [-0.1, -0.05) is 60.7 Å². The lowest BCUT2D eigenvalue weighted by molar-refractivity contribution is 0.106. The Labute approximate surface area is 123 Å². The van der Waals surface area contributed by atoms with Crippen LogP contribution in [0.2, 0.25) is 0 Å². The molecule has 0 unspecified atom stereocenters. The van der Waals surface area contributed by atoms with E-state index in [1.165, 1.54) is 6.40 Å². The van der Waals surface area contributed by atoms with Gasteiger partial charge in [-0.25, -0.2) is 0 Å². The highest BCUT2D eigenvalue weighted by Gasteiger charge is 2.15. The van der Waals surface area contributed by atoms with E-state index >= 15 is 0 Å². The number of ether oxygens (including phenoxy) is 1. The van der Waals surface area contributed by atoms with Gasteiger partial charge in [0.25, 0.3) is 0 Å². The molecule has 0 saturated carbocycles. The molecule has 4 heteroatoms. The molecule has 0 N–H and O–H groups in total. The van der Waals surface area contributed by atoms with E-state index in [0.29, 0.717) is 12.2 Å². The zero-order valence-corrected chi connectivity index (χ0v) is 11.8. The second kappa shape index (κ2) is 7.75. The second-order valence-corrected chi connectivity index (χ2v) is 4.19. The standard InChI is InChI=1S/C17H16N2O2/c1-2-21-13-18-19-16(14-9-5-3-6-10-14)17(20)15-11-7-4-8-12-15/h3-13H,2H2,1H3/b18-13+,19-16-. The van der Waals surface area contributed by atoms with Crippen LogP contribution in [-0.2, 0) is 4.74 Å². The fraction of sp³-hybridized carbons (Fsp3) is 0.118. The second-order valence-electron chi connectivity index (χ2n) is 4.19. The minimum atomic E-state index is -0.171. The van der Waals surface area contributed by atoms with Crippen LogP contribution in [0.1, 0.15) is 22.8 Å². The molecule has 0 radical (unpaired) electrons. The molecule has 0 bridgehead atoms. The Morgan fingerprint density at radius 3 is 2.14 bits per heavy atom. The van der Waals surface area contributed by atoms with E-state index in [-0.39, 0.29) is 11.5 Å². The average Bonchev–Trinajstić information content (AvgIpc) is 2.56. The number of carbonyl (C=O) groups excluding carboxylic acids is 1. The van der Waals surface area contributed by atoms with Gasteiger partial charge in [0.1, 0.15) is 5.71 Å². The molecular formula is C17H16N2O2. The normalized spacial score (nSPS) is 11.6. The van der Waals surface area contributed by atoms with Gasteiger partial charge in [0.2, 0.25) is 5.78 Å². The van der Waals surface area contributed by atoms with Crippen molar-refractivity contribution in [3.8, 4) is 0 Å². The highest BCUT2D eigenvalue weighted by molar-refractivity contribution is 6.51. The molecule has 0 amide bonds. The van der Waals surface area contributed by atoms with Gasteiger partial charge in [-0.05, 0) is 6.92 Å². The van der Waals surface area contributed by atoms with Crippen molar-refractivity contribution in [1.29, 1.82) is 0 Å². The molecule has 0 heterocycles. The van der Waals surface area contributed by atoms with Gasteiger partial charge < -0.3 is 4.74 Å². The first-order valence-electron chi connectivity index (χ1n) is 6.69. The van der Waals surface area contributed by atoms with Crippen LogP contribution in [0.3, 0.4) is 0 Å². The van der Waals surface area contributed by atoms with Crippen LogP contribution in [-0.4, -0.2) is 24.5 Å². The molecule has 0 fully saturated rings. The van der Waals surface area contributed by atoms with Gasteiger partial charge in [-0.3, -0.25) is 4.79 Å². The third-order valence-electron chi connectivity index (χ3n) is 2.74. The van der Waals surface area contributed by atoms with Crippen LogP contribution in [0.4, 0.5) is 0 Å². The van der Waals surface area contributed by atoms with Gasteiger partial charge in [0.15, 0.2) is 6.40 Å². The summed E-state index contributed by atoms with van der Waals surface area (Å²) in [6.07, 6.45) is 1.24. The molecule has 0 aliphatic carbocycles. The lowest BCUT2D eigenvalue weighted by Crippen LogP contribution is -2.15. The number of nitrogens with zero attached hydrogens (tertiary/aromatic N) is 2. The quantitative estimate of drug-likeness (QED) is 0.353.